The molecule has 0 amide bonds. The first-order chi connectivity index (χ1) is 9.04. The minimum Gasteiger partial charge on any atom is -0.305 e. The Morgan fingerprint density at radius 1 is 1.47 bits per heavy atom. The molecule has 1 heterocycles. The average Bonchev–Trinajstić information content (AvgIpc) is 2.67. The van der Waals surface area contributed by atoms with Crippen LogP contribution in [0.25, 0.3) is 0 Å². The number of aromatic nitrogens is 3. The normalized spacial score (nSPS) is 12.7. The number of nitrogens with one attached hydrogen (secondary N) is 1. The summed E-state index contributed by atoms with van der Waals surface area (Å²) in [6, 6.07) is 4.97. The van der Waals surface area contributed by atoms with Gasteiger partial charge in [0.25, 0.3) is 0 Å². The molecule has 4 nitrogen and oxygen atoms in total. The first-order valence-corrected chi connectivity index (χ1v) is 6.88. The highest BCUT2D eigenvalue weighted by Gasteiger charge is 2.23. The van der Waals surface area contributed by atoms with Crippen LogP contribution >= 0.6 is 15.9 Å². The summed E-state index contributed by atoms with van der Waals surface area (Å²) in [6.45, 7) is 4.57. The molecule has 1 aromatic heterocycles. The van der Waals surface area contributed by atoms with Gasteiger partial charge in [0.1, 0.15) is 5.82 Å². The summed E-state index contributed by atoms with van der Waals surface area (Å²) in [5.74, 6) is -0.223. The van der Waals surface area contributed by atoms with Gasteiger partial charge in [-0.25, -0.2) is 9.07 Å². The highest BCUT2D eigenvalue weighted by atomic mass is 79.9. The maximum Gasteiger partial charge on any atom is 0.153 e. The Bertz CT molecular complexity index is 563. The highest BCUT2D eigenvalue weighted by molar-refractivity contribution is 9.10. The Morgan fingerprint density at radius 3 is 2.74 bits per heavy atom. The zero-order chi connectivity index (χ0) is 14.0. The van der Waals surface area contributed by atoms with Gasteiger partial charge in [-0.1, -0.05) is 24.3 Å². The van der Waals surface area contributed by atoms with E-state index < -0.39 is 0 Å². The van der Waals surface area contributed by atoms with Crippen molar-refractivity contribution >= 4 is 15.9 Å². The number of rotatable bonds is 4. The Labute approximate surface area is 120 Å². The van der Waals surface area contributed by atoms with Crippen LogP contribution in [-0.4, -0.2) is 21.5 Å². The van der Waals surface area contributed by atoms with Crippen LogP contribution in [0.3, 0.4) is 0 Å². The molecule has 1 N–H and O–H groups in total. The van der Waals surface area contributed by atoms with Crippen LogP contribution < -0.4 is 5.32 Å². The Balaban J connectivity index is 2.51. The van der Waals surface area contributed by atoms with Gasteiger partial charge >= 0.3 is 0 Å². The van der Waals surface area contributed by atoms with Crippen LogP contribution in [0.4, 0.5) is 4.39 Å². The van der Waals surface area contributed by atoms with Crippen molar-refractivity contribution in [2.75, 3.05) is 6.54 Å². The van der Waals surface area contributed by atoms with Crippen molar-refractivity contribution in [1.82, 2.24) is 20.3 Å². The zero-order valence-corrected chi connectivity index (χ0v) is 12.7. The molecule has 1 atom stereocenters. The lowest BCUT2D eigenvalue weighted by atomic mass is 10.0. The molecule has 0 bridgehead atoms. The molecular weight excluding hydrogens is 311 g/mol. The smallest absolute Gasteiger partial charge is 0.153 e. The van der Waals surface area contributed by atoms with E-state index in [1.807, 2.05) is 19.9 Å². The summed E-state index contributed by atoms with van der Waals surface area (Å²) >= 11 is 3.37. The molecule has 6 heteroatoms. The van der Waals surface area contributed by atoms with E-state index in [2.05, 4.69) is 31.6 Å². The third kappa shape index (κ3) is 2.84. The summed E-state index contributed by atoms with van der Waals surface area (Å²) in [5, 5.41) is 11.2. The summed E-state index contributed by atoms with van der Waals surface area (Å²) in [5.41, 5.74) is 2.31. The fraction of sp³-hybridized carbons (Fsp3) is 0.385. The number of hydrogen-bond acceptors (Lipinski definition) is 3. The molecule has 0 fully saturated rings. The van der Waals surface area contributed by atoms with E-state index in [0.717, 1.165) is 17.8 Å². The lowest BCUT2D eigenvalue weighted by Gasteiger charge is -2.19. The quantitative estimate of drug-likeness (QED) is 0.939. The first kappa shape index (κ1) is 14.1. The van der Waals surface area contributed by atoms with Crippen molar-refractivity contribution in [2.24, 2.45) is 7.05 Å². The van der Waals surface area contributed by atoms with Gasteiger partial charge in [-0.3, -0.25) is 0 Å². The van der Waals surface area contributed by atoms with Gasteiger partial charge < -0.3 is 5.32 Å². The van der Waals surface area contributed by atoms with Crippen LogP contribution in [0.5, 0.6) is 0 Å². The van der Waals surface area contributed by atoms with Crippen molar-refractivity contribution in [1.29, 1.82) is 0 Å². The monoisotopic (exact) mass is 326 g/mol. The van der Waals surface area contributed by atoms with Crippen molar-refractivity contribution in [3.05, 3.63) is 45.4 Å². The summed E-state index contributed by atoms with van der Waals surface area (Å²) < 4.78 is 16.4. The second-order valence-electron chi connectivity index (χ2n) is 4.40. The number of hydrogen-bond donors (Lipinski definition) is 1. The van der Waals surface area contributed by atoms with E-state index in [-0.39, 0.29) is 11.9 Å². The first-order valence-electron chi connectivity index (χ1n) is 6.09. The average molecular weight is 327 g/mol. The molecular formula is C13H16BrFN4. The van der Waals surface area contributed by atoms with Crippen LogP contribution in [-0.2, 0) is 7.05 Å². The molecule has 2 rings (SSSR count). The molecule has 0 saturated heterocycles. The van der Waals surface area contributed by atoms with Crippen molar-refractivity contribution < 1.29 is 4.39 Å². The lowest BCUT2D eigenvalue weighted by molar-refractivity contribution is 0.529. The van der Waals surface area contributed by atoms with Gasteiger partial charge in [-0.2, -0.15) is 0 Å². The maximum absolute atomic E-state index is 14.2. The number of halogens is 2. The molecule has 0 spiro atoms. The van der Waals surface area contributed by atoms with Gasteiger partial charge in [0.05, 0.1) is 11.7 Å². The molecule has 1 unspecified atom stereocenters. The predicted octanol–water partition coefficient (Wildman–Crippen LogP) is 2.72. The lowest BCUT2D eigenvalue weighted by Crippen LogP contribution is -2.25. The fourth-order valence-corrected chi connectivity index (χ4v) is 2.63. The Kier molecular flexibility index (Phi) is 4.31. The molecule has 1 aromatic carbocycles. The van der Waals surface area contributed by atoms with Crippen molar-refractivity contribution in [2.45, 2.75) is 19.9 Å². The maximum atomic E-state index is 14.2. The fourth-order valence-electron chi connectivity index (χ4n) is 2.07. The van der Waals surface area contributed by atoms with E-state index in [9.17, 15) is 4.39 Å². The summed E-state index contributed by atoms with van der Waals surface area (Å²) in [4.78, 5) is 0. The van der Waals surface area contributed by atoms with E-state index in [1.54, 1.807) is 17.8 Å². The molecule has 0 saturated carbocycles. The molecule has 0 aliphatic rings. The van der Waals surface area contributed by atoms with Gasteiger partial charge in [-0.15, -0.1) is 5.10 Å². The van der Waals surface area contributed by atoms with Crippen LogP contribution in [0.1, 0.15) is 29.8 Å². The standard InChI is InChI=1S/C13H16BrFN4/c1-4-16-11(12-13(14)17-18-19(12)3)9-6-5-8(2)7-10(9)15/h5-7,11,16H,4H2,1-3H3. The Hall–Kier alpha value is -1.27. The minimum absolute atomic E-state index is 0.223. The molecule has 0 aliphatic heterocycles. The highest BCUT2D eigenvalue weighted by Crippen LogP contribution is 2.28. The van der Waals surface area contributed by atoms with Gasteiger partial charge in [0.15, 0.2) is 4.60 Å². The second-order valence-corrected chi connectivity index (χ2v) is 5.16. The minimum atomic E-state index is -0.278. The summed E-state index contributed by atoms with van der Waals surface area (Å²) in [6.07, 6.45) is 0. The van der Waals surface area contributed by atoms with E-state index in [4.69, 9.17) is 0 Å². The topological polar surface area (TPSA) is 42.7 Å². The zero-order valence-electron chi connectivity index (χ0n) is 11.1. The second kappa shape index (κ2) is 5.79. The van der Waals surface area contributed by atoms with Crippen LogP contribution in [0, 0.1) is 12.7 Å². The SMILES string of the molecule is CCNC(c1ccc(C)cc1F)c1c(Br)nnn1C. The van der Waals surface area contributed by atoms with Gasteiger partial charge in [-0.05, 0) is 41.0 Å². The largest absolute Gasteiger partial charge is 0.305 e. The van der Waals surface area contributed by atoms with Crippen LogP contribution in [0.2, 0.25) is 0 Å². The predicted molar refractivity (Wildman–Crippen MR) is 75.4 cm³/mol. The van der Waals surface area contributed by atoms with E-state index >= 15 is 0 Å². The number of aryl methyl sites for hydroxylation is 2. The van der Waals surface area contributed by atoms with Gasteiger partial charge in [0.2, 0.25) is 0 Å². The Morgan fingerprint density at radius 2 is 2.21 bits per heavy atom. The van der Waals surface area contributed by atoms with E-state index in [0.29, 0.717) is 10.2 Å². The molecule has 0 aliphatic carbocycles. The molecule has 0 radical (unpaired) electrons. The molecule has 2 aromatic rings. The van der Waals surface area contributed by atoms with Gasteiger partial charge in [0, 0.05) is 12.6 Å². The number of nitrogens with zero attached hydrogens (tertiary/aromatic N) is 3. The van der Waals surface area contributed by atoms with E-state index in [1.165, 1.54) is 6.07 Å². The third-order valence-corrected chi connectivity index (χ3v) is 3.54. The summed E-state index contributed by atoms with van der Waals surface area (Å²) in [7, 11) is 1.80. The van der Waals surface area contributed by atoms with Crippen molar-refractivity contribution in [3.63, 3.8) is 0 Å². The third-order valence-electron chi connectivity index (χ3n) is 2.98. The van der Waals surface area contributed by atoms with Crippen molar-refractivity contribution in [3.8, 4) is 0 Å². The van der Waals surface area contributed by atoms with Crippen LogP contribution in [0.15, 0.2) is 22.8 Å². The number of benzene rings is 1. The molecule has 102 valence electrons. The molecule has 19 heavy (non-hydrogen) atoms.